The molecule has 0 atom stereocenters. The van der Waals surface area contributed by atoms with Crippen LogP contribution in [0.3, 0.4) is 0 Å². The van der Waals surface area contributed by atoms with Gasteiger partial charge in [0.25, 0.3) is 0 Å². The van der Waals surface area contributed by atoms with E-state index in [-0.39, 0.29) is 15.6 Å². The van der Waals surface area contributed by atoms with E-state index in [2.05, 4.69) is 16.0 Å². The molecule has 3 aromatic carbocycles. The first-order valence-electron chi connectivity index (χ1n) is 10.7. The van der Waals surface area contributed by atoms with Crippen LogP contribution in [-0.4, -0.2) is 37.9 Å². The summed E-state index contributed by atoms with van der Waals surface area (Å²) in [4.78, 5) is 12.3. The number of carbonyl (C=O) groups is 1. The van der Waals surface area contributed by atoms with Crippen molar-refractivity contribution in [3.8, 4) is 17.2 Å². The van der Waals surface area contributed by atoms with E-state index in [0.717, 1.165) is 0 Å². The molecule has 0 radical (unpaired) electrons. The molecule has 4 N–H and O–H groups in total. The molecule has 1 aliphatic rings. The highest BCUT2D eigenvalue weighted by atomic mass is 35.5. The molecule has 34 heavy (non-hydrogen) atoms. The third-order valence-electron chi connectivity index (χ3n) is 5.45. The summed E-state index contributed by atoms with van der Waals surface area (Å²) in [6.45, 7) is 1.13. The number of hydrogen-bond acceptors (Lipinski definition) is 6. The van der Waals surface area contributed by atoms with Crippen molar-refractivity contribution < 1.29 is 23.1 Å². The number of benzene rings is 3. The van der Waals surface area contributed by atoms with Gasteiger partial charge in [0.05, 0.1) is 21.6 Å². The fourth-order valence-electron chi connectivity index (χ4n) is 3.74. The number of sulfone groups is 1. The minimum atomic E-state index is -3.90. The zero-order valence-corrected chi connectivity index (χ0v) is 19.7. The Balaban J connectivity index is 1.54. The fraction of sp³-hybridized carbons (Fsp3) is 0.208. The van der Waals surface area contributed by atoms with Gasteiger partial charge in [0, 0.05) is 0 Å². The number of nitrogens with one attached hydrogen (secondary N) is 3. The van der Waals surface area contributed by atoms with Crippen molar-refractivity contribution in [2.24, 2.45) is 0 Å². The van der Waals surface area contributed by atoms with Crippen LogP contribution >= 0.6 is 11.6 Å². The van der Waals surface area contributed by atoms with E-state index < -0.39 is 26.9 Å². The lowest BCUT2D eigenvalue weighted by Crippen LogP contribution is -2.36. The van der Waals surface area contributed by atoms with Gasteiger partial charge in [0.15, 0.2) is 21.3 Å². The Hall–Kier alpha value is -3.27. The second-order valence-electron chi connectivity index (χ2n) is 7.76. The van der Waals surface area contributed by atoms with Crippen molar-refractivity contribution >= 4 is 38.8 Å². The number of carbonyl (C=O) groups excluding carboxylic acids is 1. The summed E-state index contributed by atoms with van der Waals surface area (Å²) in [7, 11) is -3.90. The Morgan fingerprint density at radius 2 is 1.59 bits per heavy atom. The molecule has 3 aromatic rings. The normalized spacial score (nSPS) is 14.4. The van der Waals surface area contributed by atoms with Gasteiger partial charge in [-0.05, 0) is 62.3 Å². The van der Waals surface area contributed by atoms with Crippen molar-refractivity contribution in [3.63, 3.8) is 0 Å². The highest BCUT2D eigenvalue weighted by molar-refractivity contribution is 7.92. The molecule has 1 fully saturated rings. The van der Waals surface area contributed by atoms with Crippen molar-refractivity contribution in [1.82, 2.24) is 5.32 Å². The van der Waals surface area contributed by atoms with Crippen LogP contribution in [0, 0.1) is 0 Å². The first-order valence-corrected chi connectivity index (χ1v) is 12.6. The lowest BCUT2D eigenvalue weighted by molar-refractivity contribution is 0.262. The molecule has 4 rings (SSSR count). The molecule has 0 aliphatic carbocycles. The van der Waals surface area contributed by atoms with E-state index >= 15 is 0 Å². The monoisotopic (exact) mass is 501 g/mol. The second kappa shape index (κ2) is 10.3. The predicted molar refractivity (Wildman–Crippen MR) is 132 cm³/mol. The number of piperidine rings is 1. The number of phenols is 1. The molecule has 1 saturated heterocycles. The van der Waals surface area contributed by atoms with Gasteiger partial charge in [-0.2, -0.15) is 0 Å². The number of halogens is 1. The Kier molecular flexibility index (Phi) is 7.26. The van der Waals surface area contributed by atoms with Crippen LogP contribution in [0.4, 0.5) is 16.2 Å². The zero-order valence-electron chi connectivity index (χ0n) is 18.1. The maximum Gasteiger partial charge on any atom is 0.323 e. The summed E-state index contributed by atoms with van der Waals surface area (Å²) in [6.07, 6.45) is 0.822. The van der Waals surface area contributed by atoms with E-state index in [9.17, 15) is 18.3 Å². The number of phenolic OH excluding ortho intramolecular Hbond substituents is 1. The molecule has 2 amide bonds. The maximum absolute atomic E-state index is 13.2. The summed E-state index contributed by atoms with van der Waals surface area (Å²) >= 11 is 6.17. The molecule has 0 saturated carbocycles. The maximum atomic E-state index is 13.2. The molecule has 10 heteroatoms. The Morgan fingerprint density at radius 3 is 2.32 bits per heavy atom. The topological polar surface area (TPSA) is 117 Å². The molecule has 0 unspecified atom stereocenters. The molecule has 1 aliphatic heterocycles. The number of ether oxygens (including phenoxy) is 1. The third kappa shape index (κ3) is 5.27. The van der Waals surface area contributed by atoms with Gasteiger partial charge in [-0.1, -0.05) is 41.9 Å². The van der Waals surface area contributed by atoms with Gasteiger partial charge >= 0.3 is 6.03 Å². The highest BCUT2D eigenvalue weighted by Gasteiger charge is 2.34. The lowest BCUT2D eigenvalue weighted by atomic mass is 10.2. The number of amides is 2. The van der Waals surface area contributed by atoms with Gasteiger partial charge in [-0.25, -0.2) is 13.2 Å². The van der Waals surface area contributed by atoms with Crippen LogP contribution in [0.5, 0.6) is 17.2 Å². The molecule has 8 nitrogen and oxygen atoms in total. The second-order valence-corrected chi connectivity index (χ2v) is 10.3. The minimum absolute atomic E-state index is 0.0733. The van der Waals surface area contributed by atoms with Crippen LogP contribution in [0.1, 0.15) is 12.8 Å². The number of aromatic hydroxyl groups is 1. The van der Waals surface area contributed by atoms with Crippen LogP contribution in [0.25, 0.3) is 0 Å². The first kappa shape index (κ1) is 23.9. The van der Waals surface area contributed by atoms with Crippen molar-refractivity contribution in [2.45, 2.75) is 23.0 Å². The van der Waals surface area contributed by atoms with Gasteiger partial charge in [0.1, 0.15) is 10.6 Å². The number of para-hydroxylation sites is 3. The largest absolute Gasteiger partial charge is 0.504 e. The fourth-order valence-corrected chi connectivity index (χ4v) is 6.12. The summed E-state index contributed by atoms with van der Waals surface area (Å²) in [5, 5.41) is 18.3. The van der Waals surface area contributed by atoms with Gasteiger partial charge in [-0.3, -0.25) is 0 Å². The summed E-state index contributed by atoms with van der Waals surface area (Å²) in [6, 6.07) is 18.0. The highest BCUT2D eigenvalue weighted by Crippen LogP contribution is 2.40. The van der Waals surface area contributed by atoms with Crippen LogP contribution in [-0.2, 0) is 9.84 Å². The minimum Gasteiger partial charge on any atom is -0.504 e. The Labute approximate surface area is 202 Å². The van der Waals surface area contributed by atoms with E-state index in [4.69, 9.17) is 16.3 Å². The molecule has 0 aromatic heterocycles. The van der Waals surface area contributed by atoms with Crippen LogP contribution in [0.15, 0.2) is 71.6 Å². The van der Waals surface area contributed by atoms with Crippen molar-refractivity contribution in [2.75, 3.05) is 23.7 Å². The van der Waals surface area contributed by atoms with Crippen molar-refractivity contribution in [1.29, 1.82) is 0 Å². The molecule has 1 heterocycles. The standard InChI is InChI=1S/C24H24ClN3O5S/c25-18-10-11-20(22(29)23(18)34(31,32)17-12-14-26-15-13-17)28-24(30)27-19-8-4-5-9-21(19)33-16-6-2-1-3-7-16/h1-11,17,26,29H,12-15H2,(H2,27,28,30). The number of urea groups is 1. The Bertz CT molecular complexity index is 1280. The van der Waals surface area contributed by atoms with Crippen molar-refractivity contribution in [3.05, 3.63) is 71.8 Å². The number of rotatable bonds is 6. The van der Waals surface area contributed by atoms with Crippen LogP contribution in [0.2, 0.25) is 5.02 Å². The molecule has 178 valence electrons. The third-order valence-corrected chi connectivity index (χ3v) is 8.21. The summed E-state index contributed by atoms with van der Waals surface area (Å²) < 4.78 is 32.2. The average molecular weight is 502 g/mol. The zero-order chi connectivity index (χ0) is 24.1. The lowest BCUT2D eigenvalue weighted by Gasteiger charge is -2.24. The number of anilines is 2. The first-order chi connectivity index (χ1) is 16.4. The van der Waals surface area contributed by atoms with Gasteiger partial charge < -0.3 is 25.8 Å². The molecule has 0 bridgehead atoms. The van der Waals surface area contributed by atoms with E-state index in [0.29, 0.717) is 43.1 Å². The van der Waals surface area contributed by atoms with Gasteiger partial charge in [-0.15, -0.1) is 0 Å². The van der Waals surface area contributed by atoms with E-state index in [1.165, 1.54) is 12.1 Å². The van der Waals surface area contributed by atoms with Crippen LogP contribution < -0.4 is 20.7 Å². The van der Waals surface area contributed by atoms with E-state index in [1.807, 2.05) is 18.2 Å². The van der Waals surface area contributed by atoms with E-state index in [1.54, 1.807) is 36.4 Å². The molecular formula is C24H24ClN3O5S. The van der Waals surface area contributed by atoms with Gasteiger partial charge in [0.2, 0.25) is 0 Å². The molecular weight excluding hydrogens is 478 g/mol. The predicted octanol–water partition coefficient (Wildman–Crippen LogP) is 5.01. The Morgan fingerprint density at radius 1 is 0.941 bits per heavy atom. The summed E-state index contributed by atoms with van der Waals surface area (Å²) in [5.74, 6) is 0.425. The average Bonchev–Trinajstić information content (AvgIpc) is 2.83. The summed E-state index contributed by atoms with van der Waals surface area (Å²) in [5.41, 5.74) is 0.315. The SMILES string of the molecule is O=C(Nc1ccccc1Oc1ccccc1)Nc1ccc(Cl)c(S(=O)(=O)C2CCNCC2)c1O. The molecule has 0 spiro atoms. The quantitative estimate of drug-likeness (QED) is 0.353. The number of hydrogen-bond donors (Lipinski definition) is 4. The smallest absolute Gasteiger partial charge is 0.323 e.